The molecule has 0 spiro atoms. The van der Waals surface area contributed by atoms with Gasteiger partial charge in [-0.2, -0.15) is 0 Å². The summed E-state index contributed by atoms with van der Waals surface area (Å²) in [5.41, 5.74) is 0. The molecule has 1 heterocycles. The number of piperidine rings is 1. The molecular formula is C11H20N2O3. The van der Waals surface area contributed by atoms with Crippen molar-refractivity contribution >= 4 is 11.9 Å². The van der Waals surface area contributed by atoms with E-state index in [0.29, 0.717) is 13.0 Å². The van der Waals surface area contributed by atoms with Crippen LogP contribution in [-0.2, 0) is 9.59 Å². The molecule has 1 amide bonds. The Hall–Kier alpha value is -1.10. The van der Waals surface area contributed by atoms with E-state index in [-0.39, 0.29) is 17.9 Å². The van der Waals surface area contributed by atoms with Crippen LogP contribution in [0, 0.1) is 5.92 Å². The summed E-state index contributed by atoms with van der Waals surface area (Å²) in [6.07, 6.45) is 1.57. The molecule has 0 radical (unpaired) electrons. The summed E-state index contributed by atoms with van der Waals surface area (Å²) in [6.45, 7) is 3.13. The number of amides is 1. The number of likely N-dealkylation sites (N-methyl/N-ethyl adjacent to an activating group) is 1. The third-order valence-corrected chi connectivity index (χ3v) is 3.15. The molecule has 5 nitrogen and oxygen atoms in total. The molecule has 2 atom stereocenters. The van der Waals surface area contributed by atoms with E-state index in [9.17, 15) is 9.59 Å². The normalized spacial score (nSPS) is 23.8. The monoisotopic (exact) mass is 228 g/mol. The highest BCUT2D eigenvalue weighted by Crippen LogP contribution is 2.19. The maximum atomic E-state index is 11.8. The summed E-state index contributed by atoms with van der Waals surface area (Å²) < 4.78 is 0. The standard InChI is InChI=1S/C11H20N2O3/c1-8(10(14)12(2)3)13-6-4-5-9(7-13)11(15)16/h8-9H,4-7H2,1-3H3,(H,15,16). The Morgan fingerprint density at radius 3 is 2.56 bits per heavy atom. The number of nitrogens with zero attached hydrogens (tertiary/aromatic N) is 2. The quantitative estimate of drug-likeness (QED) is 0.752. The molecule has 0 aromatic heterocycles. The van der Waals surface area contributed by atoms with Crippen molar-refractivity contribution in [2.75, 3.05) is 27.2 Å². The number of hydrogen-bond acceptors (Lipinski definition) is 3. The highest BCUT2D eigenvalue weighted by molar-refractivity contribution is 5.81. The zero-order valence-corrected chi connectivity index (χ0v) is 10.1. The first-order valence-corrected chi connectivity index (χ1v) is 5.61. The van der Waals surface area contributed by atoms with Crippen LogP contribution in [0.2, 0.25) is 0 Å². The lowest BCUT2D eigenvalue weighted by Crippen LogP contribution is -2.49. The second-order valence-corrected chi connectivity index (χ2v) is 4.58. The lowest BCUT2D eigenvalue weighted by molar-refractivity contribution is -0.146. The minimum atomic E-state index is -0.755. The highest BCUT2D eigenvalue weighted by Gasteiger charge is 2.30. The van der Waals surface area contributed by atoms with E-state index < -0.39 is 5.97 Å². The number of carboxylic acid groups (broad SMARTS) is 1. The van der Waals surface area contributed by atoms with Gasteiger partial charge in [-0.25, -0.2) is 0 Å². The molecule has 1 aliphatic rings. The minimum absolute atomic E-state index is 0.0334. The van der Waals surface area contributed by atoms with Crippen LogP contribution in [0.15, 0.2) is 0 Å². The average Bonchev–Trinajstić information content (AvgIpc) is 2.27. The van der Waals surface area contributed by atoms with Gasteiger partial charge in [0.05, 0.1) is 12.0 Å². The lowest BCUT2D eigenvalue weighted by Gasteiger charge is -2.35. The number of aliphatic carboxylic acids is 1. The van der Waals surface area contributed by atoms with E-state index >= 15 is 0 Å². The zero-order chi connectivity index (χ0) is 12.3. The number of likely N-dealkylation sites (tertiary alicyclic amines) is 1. The Bertz CT molecular complexity index is 278. The van der Waals surface area contributed by atoms with Crippen molar-refractivity contribution in [2.45, 2.75) is 25.8 Å². The van der Waals surface area contributed by atoms with Crippen LogP contribution in [0.25, 0.3) is 0 Å². The predicted molar refractivity (Wildman–Crippen MR) is 60.1 cm³/mol. The van der Waals surface area contributed by atoms with Gasteiger partial charge in [-0.05, 0) is 26.3 Å². The van der Waals surface area contributed by atoms with E-state index in [1.165, 1.54) is 0 Å². The smallest absolute Gasteiger partial charge is 0.307 e. The van der Waals surface area contributed by atoms with Crippen molar-refractivity contribution in [3.8, 4) is 0 Å². The molecule has 1 saturated heterocycles. The number of rotatable bonds is 3. The van der Waals surface area contributed by atoms with Crippen molar-refractivity contribution in [1.82, 2.24) is 9.80 Å². The van der Waals surface area contributed by atoms with E-state index in [0.717, 1.165) is 13.0 Å². The van der Waals surface area contributed by atoms with Crippen molar-refractivity contribution in [1.29, 1.82) is 0 Å². The van der Waals surface area contributed by atoms with Gasteiger partial charge in [-0.1, -0.05) is 0 Å². The van der Waals surface area contributed by atoms with Gasteiger partial charge in [-0.3, -0.25) is 14.5 Å². The fourth-order valence-electron chi connectivity index (χ4n) is 2.09. The summed E-state index contributed by atoms with van der Waals surface area (Å²) in [5, 5.41) is 8.96. The summed E-state index contributed by atoms with van der Waals surface area (Å²) in [7, 11) is 3.44. The zero-order valence-electron chi connectivity index (χ0n) is 10.1. The topological polar surface area (TPSA) is 60.9 Å². The molecular weight excluding hydrogens is 208 g/mol. The highest BCUT2D eigenvalue weighted by atomic mass is 16.4. The third-order valence-electron chi connectivity index (χ3n) is 3.15. The van der Waals surface area contributed by atoms with Gasteiger partial charge in [0.2, 0.25) is 5.91 Å². The number of carbonyl (C=O) groups is 2. The van der Waals surface area contributed by atoms with Gasteiger partial charge in [-0.15, -0.1) is 0 Å². The average molecular weight is 228 g/mol. The molecule has 0 aliphatic carbocycles. The molecule has 0 aromatic carbocycles. The molecule has 1 rings (SSSR count). The number of carboxylic acids is 1. The molecule has 2 unspecified atom stereocenters. The van der Waals surface area contributed by atoms with Crippen molar-refractivity contribution in [3.05, 3.63) is 0 Å². The fourth-order valence-corrected chi connectivity index (χ4v) is 2.09. The van der Waals surface area contributed by atoms with E-state index in [1.54, 1.807) is 19.0 Å². The van der Waals surface area contributed by atoms with Crippen LogP contribution >= 0.6 is 0 Å². The second-order valence-electron chi connectivity index (χ2n) is 4.58. The first-order chi connectivity index (χ1) is 7.43. The van der Waals surface area contributed by atoms with Crippen LogP contribution in [0.3, 0.4) is 0 Å². The van der Waals surface area contributed by atoms with E-state index in [4.69, 9.17) is 5.11 Å². The van der Waals surface area contributed by atoms with Crippen molar-refractivity contribution in [3.63, 3.8) is 0 Å². The fraction of sp³-hybridized carbons (Fsp3) is 0.818. The van der Waals surface area contributed by atoms with E-state index in [2.05, 4.69) is 0 Å². The summed E-state index contributed by atoms with van der Waals surface area (Å²) in [4.78, 5) is 26.2. The SMILES string of the molecule is CC(C(=O)N(C)C)N1CCCC(C(=O)O)C1. The Labute approximate surface area is 96.0 Å². The Morgan fingerprint density at radius 2 is 2.06 bits per heavy atom. The van der Waals surface area contributed by atoms with Crippen molar-refractivity contribution in [2.24, 2.45) is 5.92 Å². The molecule has 0 bridgehead atoms. The molecule has 1 aliphatic heterocycles. The second kappa shape index (κ2) is 5.30. The minimum Gasteiger partial charge on any atom is -0.481 e. The molecule has 0 aromatic rings. The molecule has 92 valence electrons. The number of hydrogen-bond donors (Lipinski definition) is 1. The predicted octanol–water partition coefficient (Wildman–Crippen LogP) is 0.260. The van der Waals surface area contributed by atoms with Crippen molar-refractivity contribution < 1.29 is 14.7 Å². The van der Waals surface area contributed by atoms with Crippen LogP contribution < -0.4 is 0 Å². The summed E-state index contributed by atoms with van der Waals surface area (Å²) >= 11 is 0. The van der Waals surface area contributed by atoms with Gasteiger partial charge in [0, 0.05) is 20.6 Å². The Morgan fingerprint density at radius 1 is 1.44 bits per heavy atom. The third kappa shape index (κ3) is 2.95. The van der Waals surface area contributed by atoms with Gasteiger partial charge < -0.3 is 10.0 Å². The van der Waals surface area contributed by atoms with Gasteiger partial charge >= 0.3 is 5.97 Å². The molecule has 16 heavy (non-hydrogen) atoms. The Kier molecular flexibility index (Phi) is 4.29. The first kappa shape index (κ1) is 13.0. The molecule has 1 N–H and O–H groups in total. The maximum absolute atomic E-state index is 11.8. The molecule has 1 fully saturated rings. The Balaban J connectivity index is 2.59. The first-order valence-electron chi connectivity index (χ1n) is 5.61. The lowest BCUT2D eigenvalue weighted by atomic mass is 9.97. The van der Waals surface area contributed by atoms with E-state index in [1.807, 2.05) is 11.8 Å². The van der Waals surface area contributed by atoms with Crippen LogP contribution in [0.1, 0.15) is 19.8 Å². The van der Waals surface area contributed by atoms with Gasteiger partial charge in [0.15, 0.2) is 0 Å². The largest absolute Gasteiger partial charge is 0.481 e. The molecule has 5 heteroatoms. The number of carbonyl (C=O) groups excluding carboxylic acids is 1. The molecule has 0 saturated carbocycles. The van der Waals surface area contributed by atoms with Gasteiger partial charge in [0.1, 0.15) is 0 Å². The summed E-state index contributed by atoms with van der Waals surface area (Å²) in [5.74, 6) is -1.05. The van der Waals surface area contributed by atoms with Crippen LogP contribution in [-0.4, -0.2) is 60.0 Å². The van der Waals surface area contributed by atoms with Crippen LogP contribution in [0.5, 0.6) is 0 Å². The maximum Gasteiger partial charge on any atom is 0.307 e. The summed E-state index contributed by atoms with van der Waals surface area (Å²) in [6, 6.07) is -0.225. The van der Waals surface area contributed by atoms with Crippen LogP contribution in [0.4, 0.5) is 0 Å². The van der Waals surface area contributed by atoms with Gasteiger partial charge in [0.25, 0.3) is 0 Å².